The van der Waals surface area contributed by atoms with Crippen molar-refractivity contribution in [1.82, 2.24) is 0 Å². The number of methoxy groups -OCH3 is 2. The summed E-state index contributed by atoms with van der Waals surface area (Å²) in [4.78, 5) is 12.2. The predicted octanol–water partition coefficient (Wildman–Crippen LogP) is 8.21. The second-order valence-electron chi connectivity index (χ2n) is 11.8. The van der Waals surface area contributed by atoms with E-state index in [0.29, 0.717) is 23.8 Å². The Hall–Kier alpha value is -3.34. The van der Waals surface area contributed by atoms with Gasteiger partial charge in [-0.05, 0) is 101 Å². The largest absolute Gasteiger partial charge is 0.497 e. The van der Waals surface area contributed by atoms with Crippen molar-refractivity contribution in [3.8, 4) is 22.6 Å². The highest BCUT2D eigenvalue weighted by atomic mass is 19.1. The maximum atomic E-state index is 15.1. The van der Waals surface area contributed by atoms with Gasteiger partial charge in [0, 0.05) is 5.56 Å². The molecule has 5 heteroatoms. The Morgan fingerprint density at radius 3 is 2.49 bits per heavy atom. The van der Waals surface area contributed by atoms with E-state index < -0.39 is 0 Å². The Morgan fingerprint density at radius 1 is 0.974 bits per heavy atom. The summed E-state index contributed by atoms with van der Waals surface area (Å²) in [6, 6.07) is 17.5. The third-order valence-electron chi connectivity index (χ3n) is 9.04. The molecule has 3 atom stereocenters. The molecule has 0 radical (unpaired) electrons. The number of halogens is 1. The van der Waals surface area contributed by atoms with Crippen LogP contribution in [0.4, 0.5) is 4.39 Å². The summed E-state index contributed by atoms with van der Waals surface area (Å²) in [6.07, 6.45) is 5.31. The molecule has 3 aromatic rings. The predicted molar refractivity (Wildman–Crippen MR) is 152 cm³/mol. The second kappa shape index (κ2) is 11.0. The molecule has 3 aromatic carbocycles. The van der Waals surface area contributed by atoms with Crippen LogP contribution in [0.2, 0.25) is 0 Å². The molecule has 0 amide bonds. The number of aryl methyl sites for hydroxylation is 1. The van der Waals surface area contributed by atoms with Crippen LogP contribution in [0.5, 0.6) is 11.5 Å². The molecule has 4 nitrogen and oxygen atoms in total. The lowest BCUT2D eigenvalue weighted by atomic mass is 9.75. The first-order valence-electron chi connectivity index (χ1n) is 14.0. The molecular formula is C34H39FO4. The van der Waals surface area contributed by atoms with Crippen molar-refractivity contribution in [3.63, 3.8) is 0 Å². The van der Waals surface area contributed by atoms with Gasteiger partial charge in [-0.25, -0.2) is 4.39 Å². The molecule has 0 aromatic heterocycles. The molecule has 2 aliphatic carbocycles. The van der Waals surface area contributed by atoms with Crippen molar-refractivity contribution in [2.75, 3.05) is 14.2 Å². The Morgan fingerprint density at radius 2 is 1.77 bits per heavy atom. The Labute approximate surface area is 231 Å². The molecule has 2 aliphatic rings. The Kier molecular flexibility index (Phi) is 7.70. The fraction of sp³-hybridized carbons (Fsp3) is 0.441. The van der Waals surface area contributed by atoms with Gasteiger partial charge in [0.25, 0.3) is 0 Å². The van der Waals surface area contributed by atoms with Crippen LogP contribution in [0.3, 0.4) is 0 Å². The molecule has 1 saturated carbocycles. The summed E-state index contributed by atoms with van der Waals surface area (Å²) < 4.78 is 31.8. The Bertz CT molecular complexity index is 1360. The van der Waals surface area contributed by atoms with Gasteiger partial charge < -0.3 is 14.2 Å². The summed E-state index contributed by atoms with van der Waals surface area (Å²) in [5.74, 6) is 1.31. The van der Waals surface area contributed by atoms with Gasteiger partial charge in [0.05, 0.1) is 20.1 Å². The average molecular weight is 531 g/mol. The zero-order valence-electron chi connectivity index (χ0n) is 23.7. The molecule has 0 aliphatic heterocycles. The molecule has 0 bridgehead atoms. The van der Waals surface area contributed by atoms with Gasteiger partial charge in [0.15, 0.2) is 0 Å². The van der Waals surface area contributed by atoms with Crippen molar-refractivity contribution in [2.24, 2.45) is 11.3 Å². The van der Waals surface area contributed by atoms with Crippen LogP contribution in [-0.2, 0) is 22.6 Å². The highest BCUT2D eigenvalue weighted by Crippen LogP contribution is 2.51. The van der Waals surface area contributed by atoms with Crippen molar-refractivity contribution < 1.29 is 23.4 Å². The van der Waals surface area contributed by atoms with E-state index in [1.165, 1.54) is 36.3 Å². The molecule has 0 heterocycles. The zero-order valence-corrected chi connectivity index (χ0v) is 23.7. The minimum Gasteiger partial charge on any atom is -0.497 e. The van der Waals surface area contributed by atoms with E-state index in [9.17, 15) is 4.79 Å². The number of rotatable bonds is 8. The number of ether oxygens (including phenoxy) is 3. The van der Waals surface area contributed by atoms with Gasteiger partial charge in [-0.3, -0.25) is 4.79 Å². The number of hydrogen-bond acceptors (Lipinski definition) is 4. The molecular weight excluding hydrogens is 491 g/mol. The van der Waals surface area contributed by atoms with Crippen molar-refractivity contribution in [2.45, 2.75) is 71.3 Å². The lowest BCUT2D eigenvalue weighted by molar-refractivity contribution is -0.145. The standard InChI is InChI=1S/C34H39FO4/c1-21(33(36)38-5)26-14-10-23-9-11-25(19-28(23)26)39-20-22-8-13-27(30-18-24(37-4)12-15-32(30)35)29(17-22)31-7-6-16-34(31,2)3/h8-9,11-13,15,17-19,21,26,31H,6-7,10,14,16,20H2,1-5H3/t21-,26-,31-/m1/s1. The van der Waals surface area contributed by atoms with E-state index in [1.807, 2.05) is 25.1 Å². The average Bonchev–Trinajstić information content (AvgIpc) is 3.53. The van der Waals surface area contributed by atoms with Crippen molar-refractivity contribution >= 4 is 5.97 Å². The van der Waals surface area contributed by atoms with E-state index >= 15 is 4.39 Å². The molecule has 5 rings (SSSR count). The first-order valence-corrected chi connectivity index (χ1v) is 14.0. The monoisotopic (exact) mass is 530 g/mol. The van der Waals surface area contributed by atoms with Crippen LogP contribution < -0.4 is 9.47 Å². The lowest BCUT2D eigenvalue weighted by Gasteiger charge is -2.30. The van der Waals surface area contributed by atoms with E-state index in [4.69, 9.17) is 14.2 Å². The number of benzene rings is 3. The van der Waals surface area contributed by atoms with Gasteiger partial charge in [-0.2, -0.15) is 0 Å². The minimum absolute atomic E-state index is 0.134. The van der Waals surface area contributed by atoms with Gasteiger partial charge in [-0.15, -0.1) is 0 Å². The van der Waals surface area contributed by atoms with E-state index in [0.717, 1.165) is 42.6 Å². The van der Waals surface area contributed by atoms with Crippen molar-refractivity contribution in [3.05, 3.63) is 82.7 Å². The summed E-state index contributed by atoms with van der Waals surface area (Å²) >= 11 is 0. The molecule has 0 N–H and O–H groups in total. The van der Waals surface area contributed by atoms with Crippen LogP contribution in [0, 0.1) is 17.2 Å². The first-order chi connectivity index (χ1) is 18.7. The smallest absolute Gasteiger partial charge is 0.308 e. The molecule has 0 unspecified atom stereocenters. The van der Waals surface area contributed by atoms with Crippen LogP contribution in [0.15, 0.2) is 54.6 Å². The maximum Gasteiger partial charge on any atom is 0.308 e. The van der Waals surface area contributed by atoms with Gasteiger partial charge in [0.2, 0.25) is 0 Å². The lowest BCUT2D eigenvalue weighted by Crippen LogP contribution is -2.19. The molecule has 206 valence electrons. The fourth-order valence-electron chi connectivity index (χ4n) is 6.71. The number of esters is 1. The zero-order chi connectivity index (χ0) is 27.7. The van der Waals surface area contributed by atoms with Crippen LogP contribution in [-0.4, -0.2) is 20.2 Å². The van der Waals surface area contributed by atoms with Gasteiger partial charge in [0.1, 0.15) is 23.9 Å². The van der Waals surface area contributed by atoms with Gasteiger partial charge in [-0.1, -0.05) is 51.5 Å². The summed E-state index contributed by atoms with van der Waals surface area (Å²) in [5, 5.41) is 0. The second-order valence-corrected chi connectivity index (χ2v) is 11.8. The highest BCUT2D eigenvalue weighted by molar-refractivity contribution is 5.73. The number of hydrogen-bond donors (Lipinski definition) is 0. The van der Waals surface area contributed by atoms with Gasteiger partial charge >= 0.3 is 5.97 Å². The third-order valence-corrected chi connectivity index (χ3v) is 9.04. The summed E-state index contributed by atoms with van der Waals surface area (Å²) in [5.41, 5.74) is 6.32. The van der Waals surface area contributed by atoms with E-state index in [-0.39, 0.29) is 29.0 Å². The van der Waals surface area contributed by atoms with Crippen LogP contribution >= 0.6 is 0 Å². The minimum atomic E-state index is -0.245. The fourth-order valence-corrected chi connectivity index (χ4v) is 6.71. The number of carbonyl (C=O) groups is 1. The molecule has 0 spiro atoms. The third kappa shape index (κ3) is 5.41. The SMILES string of the molecule is COC(=O)[C@H](C)[C@H]1CCc2ccc(OCc3ccc(-c4cc(OC)ccc4F)c([C@H]4CCCC4(C)C)c3)cc21. The molecule has 0 saturated heterocycles. The topological polar surface area (TPSA) is 44.8 Å². The summed E-state index contributed by atoms with van der Waals surface area (Å²) in [6.45, 7) is 6.99. The molecule has 1 fully saturated rings. The number of fused-ring (bicyclic) bond motifs is 1. The van der Waals surface area contributed by atoms with Crippen LogP contribution in [0.25, 0.3) is 11.1 Å². The molecule has 39 heavy (non-hydrogen) atoms. The normalized spacial score (nSPS) is 20.4. The summed E-state index contributed by atoms with van der Waals surface area (Å²) in [7, 11) is 3.05. The van der Waals surface area contributed by atoms with E-state index in [2.05, 4.69) is 32.0 Å². The van der Waals surface area contributed by atoms with Crippen LogP contribution in [0.1, 0.15) is 80.5 Å². The maximum absolute atomic E-state index is 15.1. The quantitative estimate of drug-likeness (QED) is 0.275. The highest BCUT2D eigenvalue weighted by Gasteiger charge is 2.37. The van der Waals surface area contributed by atoms with Crippen molar-refractivity contribution in [1.29, 1.82) is 0 Å². The Balaban J connectivity index is 1.43. The first kappa shape index (κ1) is 27.2. The van der Waals surface area contributed by atoms with E-state index in [1.54, 1.807) is 19.2 Å². The number of carbonyl (C=O) groups excluding carboxylic acids is 1.